The van der Waals surface area contributed by atoms with Crippen molar-refractivity contribution in [3.63, 3.8) is 0 Å². The fourth-order valence-corrected chi connectivity index (χ4v) is 6.46. The van der Waals surface area contributed by atoms with Gasteiger partial charge in [0.25, 0.3) is 0 Å². The number of aromatic nitrogens is 2. The molecule has 4 saturated carbocycles. The molecule has 1 aromatic carbocycles. The van der Waals surface area contributed by atoms with Crippen molar-refractivity contribution in [3.05, 3.63) is 53.4 Å². The van der Waals surface area contributed by atoms with Crippen molar-refractivity contribution in [1.29, 1.82) is 0 Å². The monoisotopic (exact) mass is 360 g/mol. The maximum Gasteiger partial charge on any atom is 0.161 e. The van der Waals surface area contributed by atoms with Crippen molar-refractivity contribution in [1.82, 2.24) is 9.78 Å². The maximum atomic E-state index is 13.3. The van der Waals surface area contributed by atoms with E-state index in [-0.39, 0.29) is 5.41 Å². The van der Waals surface area contributed by atoms with Crippen LogP contribution >= 0.6 is 0 Å². The van der Waals surface area contributed by atoms with Crippen LogP contribution in [-0.4, -0.2) is 15.6 Å². The van der Waals surface area contributed by atoms with Gasteiger partial charge >= 0.3 is 0 Å². The molecule has 0 atom stereocenters. The van der Waals surface area contributed by atoms with Crippen molar-refractivity contribution in [2.24, 2.45) is 23.2 Å². The normalized spacial score (nSPS) is 31.7. The standard InChI is InChI=1S/C24H28N2O/c1-16-22(17(2)26(25-16)21-6-4-3-5-7-21)8-9-23(27)24-13-18-10-19(14-24)12-20(11-18)15-24/h3-9,18-20H,10-15H2,1-2H3/b9-8+. The number of hydrogen-bond acceptors (Lipinski definition) is 2. The Labute approximate surface area is 161 Å². The Morgan fingerprint density at radius 3 is 2.22 bits per heavy atom. The highest BCUT2D eigenvalue weighted by molar-refractivity contribution is 5.98. The maximum absolute atomic E-state index is 13.3. The molecule has 1 heterocycles. The van der Waals surface area contributed by atoms with Crippen LogP contribution in [0.15, 0.2) is 36.4 Å². The predicted octanol–water partition coefficient (Wildman–Crippen LogP) is 5.29. The highest BCUT2D eigenvalue weighted by Crippen LogP contribution is 2.60. The molecule has 4 fully saturated rings. The highest BCUT2D eigenvalue weighted by atomic mass is 16.1. The number of ketones is 1. The summed E-state index contributed by atoms with van der Waals surface area (Å²) in [6.45, 7) is 4.11. The zero-order chi connectivity index (χ0) is 18.6. The highest BCUT2D eigenvalue weighted by Gasteiger charge is 2.53. The topological polar surface area (TPSA) is 34.9 Å². The lowest BCUT2D eigenvalue weighted by Crippen LogP contribution is -2.49. The van der Waals surface area contributed by atoms with E-state index < -0.39 is 0 Å². The first-order valence-corrected chi connectivity index (χ1v) is 10.4. The van der Waals surface area contributed by atoms with E-state index in [0.717, 1.165) is 59.7 Å². The largest absolute Gasteiger partial charge is 0.294 e. The fraction of sp³-hybridized carbons (Fsp3) is 0.500. The summed E-state index contributed by atoms with van der Waals surface area (Å²) in [6.07, 6.45) is 11.4. The molecule has 140 valence electrons. The van der Waals surface area contributed by atoms with Gasteiger partial charge in [-0.15, -0.1) is 0 Å². The molecule has 27 heavy (non-hydrogen) atoms. The van der Waals surface area contributed by atoms with Crippen LogP contribution in [0.5, 0.6) is 0 Å². The Kier molecular flexibility index (Phi) is 3.89. The second-order valence-corrected chi connectivity index (χ2v) is 9.23. The number of carbonyl (C=O) groups excluding carboxylic acids is 1. The lowest BCUT2D eigenvalue weighted by atomic mass is 9.48. The lowest BCUT2D eigenvalue weighted by Gasteiger charge is -2.55. The van der Waals surface area contributed by atoms with Gasteiger partial charge in [0.05, 0.1) is 11.4 Å². The molecule has 6 rings (SSSR count). The molecule has 0 amide bonds. The molecule has 0 radical (unpaired) electrons. The van der Waals surface area contributed by atoms with Crippen LogP contribution in [-0.2, 0) is 4.79 Å². The van der Waals surface area contributed by atoms with E-state index in [1.54, 1.807) is 0 Å². The molecule has 0 N–H and O–H groups in total. The predicted molar refractivity (Wildman–Crippen MR) is 108 cm³/mol. The van der Waals surface area contributed by atoms with Gasteiger partial charge in [-0.3, -0.25) is 4.79 Å². The molecule has 4 aliphatic carbocycles. The summed E-state index contributed by atoms with van der Waals surface area (Å²) in [5.41, 5.74) is 4.16. The molecule has 0 aliphatic heterocycles. The average Bonchev–Trinajstić information content (AvgIpc) is 2.93. The van der Waals surface area contributed by atoms with Crippen molar-refractivity contribution in [2.45, 2.75) is 52.4 Å². The molecule has 2 aromatic rings. The molecular weight excluding hydrogens is 332 g/mol. The minimum Gasteiger partial charge on any atom is -0.294 e. The number of hydrogen-bond donors (Lipinski definition) is 0. The van der Waals surface area contributed by atoms with E-state index in [0.29, 0.717) is 5.78 Å². The molecule has 0 saturated heterocycles. The molecule has 4 bridgehead atoms. The van der Waals surface area contributed by atoms with Crippen LogP contribution in [0.25, 0.3) is 11.8 Å². The smallest absolute Gasteiger partial charge is 0.161 e. The van der Waals surface area contributed by atoms with E-state index in [1.165, 1.54) is 19.3 Å². The van der Waals surface area contributed by atoms with E-state index in [1.807, 2.05) is 42.0 Å². The lowest BCUT2D eigenvalue weighted by molar-refractivity contribution is -0.138. The van der Waals surface area contributed by atoms with Crippen LogP contribution in [0.2, 0.25) is 0 Å². The molecule has 3 heteroatoms. The average molecular weight is 361 g/mol. The van der Waals surface area contributed by atoms with Crippen LogP contribution < -0.4 is 0 Å². The molecule has 4 aliphatic rings. The summed E-state index contributed by atoms with van der Waals surface area (Å²) >= 11 is 0. The summed E-state index contributed by atoms with van der Waals surface area (Å²) in [5, 5.41) is 4.70. The van der Waals surface area contributed by atoms with Crippen LogP contribution in [0.4, 0.5) is 0 Å². The molecule has 3 nitrogen and oxygen atoms in total. The minimum absolute atomic E-state index is 0.0531. The molecule has 1 aromatic heterocycles. The molecular formula is C24H28N2O. The Bertz CT molecular complexity index is 871. The van der Waals surface area contributed by atoms with Crippen LogP contribution in [0, 0.1) is 37.0 Å². The number of carbonyl (C=O) groups is 1. The summed E-state index contributed by atoms with van der Waals surface area (Å²) < 4.78 is 1.98. The van der Waals surface area contributed by atoms with Gasteiger partial charge in [-0.25, -0.2) is 4.68 Å². The van der Waals surface area contributed by atoms with Gasteiger partial charge in [-0.05, 0) is 94.4 Å². The number of benzene rings is 1. The number of aryl methyl sites for hydroxylation is 1. The first kappa shape index (κ1) is 17.0. The number of nitrogens with zero attached hydrogens (tertiary/aromatic N) is 2. The van der Waals surface area contributed by atoms with Gasteiger partial charge in [-0.2, -0.15) is 5.10 Å². The summed E-state index contributed by atoms with van der Waals surface area (Å²) in [7, 11) is 0. The van der Waals surface area contributed by atoms with Gasteiger partial charge in [0, 0.05) is 16.7 Å². The minimum atomic E-state index is -0.0531. The quantitative estimate of drug-likeness (QED) is 0.695. The van der Waals surface area contributed by atoms with Crippen molar-refractivity contribution in [2.75, 3.05) is 0 Å². The summed E-state index contributed by atoms with van der Waals surface area (Å²) in [4.78, 5) is 13.3. The Morgan fingerprint density at radius 2 is 1.63 bits per heavy atom. The molecule has 0 spiro atoms. The third-order valence-electron chi connectivity index (χ3n) is 7.31. The Morgan fingerprint density at radius 1 is 1.04 bits per heavy atom. The molecule has 0 unspecified atom stereocenters. The van der Waals surface area contributed by atoms with Gasteiger partial charge in [0.2, 0.25) is 0 Å². The number of allylic oxidation sites excluding steroid dienone is 1. The SMILES string of the molecule is Cc1nn(-c2ccccc2)c(C)c1/C=C/C(=O)C12CC3CC(CC(C3)C1)C2. The van der Waals surface area contributed by atoms with E-state index in [2.05, 4.69) is 19.1 Å². The van der Waals surface area contributed by atoms with Gasteiger partial charge in [0.15, 0.2) is 5.78 Å². The van der Waals surface area contributed by atoms with Crippen LogP contribution in [0.1, 0.15) is 55.5 Å². The van der Waals surface area contributed by atoms with Gasteiger partial charge < -0.3 is 0 Å². The summed E-state index contributed by atoms with van der Waals surface area (Å²) in [6, 6.07) is 10.2. The first-order chi connectivity index (χ1) is 13.0. The number of rotatable bonds is 4. The second-order valence-electron chi connectivity index (χ2n) is 9.23. The zero-order valence-corrected chi connectivity index (χ0v) is 16.3. The third kappa shape index (κ3) is 2.79. The van der Waals surface area contributed by atoms with Crippen molar-refractivity contribution >= 4 is 11.9 Å². The number of para-hydroxylation sites is 1. The van der Waals surface area contributed by atoms with Crippen molar-refractivity contribution < 1.29 is 4.79 Å². The zero-order valence-electron chi connectivity index (χ0n) is 16.3. The van der Waals surface area contributed by atoms with E-state index in [4.69, 9.17) is 5.10 Å². The van der Waals surface area contributed by atoms with E-state index in [9.17, 15) is 4.79 Å². The Hall–Kier alpha value is -2.16. The second kappa shape index (κ2) is 6.19. The van der Waals surface area contributed by atoms with Gasteiger partial charge in [-0.1, -0.05) is 18.2 Å². The van der Waals surface area contributed by atoms with Crippen LogP contribution in [0.3, 0.4) is 0 Å². The Balaban J connectivity index is 1.42. The van der Waals surface area contributed by atoms with Gasteiger partial charge in [0.1, 0.15) is 0 Å². The first-order valence-electron chi connectivity index (χ1n) is 10.4. The summed E-state index contributed by atoms with van der Waals surface area (Å²) in [5.74, 6) is 2.78. The van der Waals surface area contributed by atoms with E-state index >= 15 is 0 Å². The van der Waals surface area contributed by atoms with Crippen molar-refractivity contribution in [3.8, 4) is 5.69 Å². The third-order valence-corrected chi connectivity index (χ3v) is 7.31. The fourth-order valence-electron chi connectivity index (χ4n) is 6.46.